The Balaban J connectivity index is 3.10. The van der Waals surface area contributed by atoms with Gasteiger partial charge in [0.15, 0.2) is 0 Å². The first-order valence-corrected chi connectivity index (χ1v) is 4.89. The largest absolute Gasteiger partial charge is 0.478 e. The SMILES string of the molecule is CCSc1ccc(N)cc1C(=O)O. The third-order valence-electron chi connectivity index (χ3n) is 1.53. The van der Waals surface area contributed by atoms with Gasteiger partial charge in [0.2, 0.25) is 0 Å². The van der Waals surface area contributed by atoms with Crippen LogP contribution >= 0.6 is 11.8 Å². The molecule has 0 bridgehead atoms. The molecule has 1 rings (SSSR count). The number of carbonyl (C=O) groups is 1. The van der Waals surface area contributed by atoms with Crippen molar-refractivity contribution in [1.29, 1.82) is 0 Å². The van der Waals surface area contributed by atoms with Crippen LogP contribution in [0.2, 0.25) is 0 Å². The minimum Gasteiger partial charge on any atom is -0.478 e. The Bertz CT molecular complexity index is 325. The Labute approximate surface area is 80.9 Å². The van der Waals surface area contributed by atoms with E-state index in [1.54, 1.807) is 12.1 Å². The molecule has 0 saturated heterocycles. The molecule has 0 aromatic heterocycles. The Hall–Kier alpha value is -1.16. The molecule has 3 nitrogen and oxygen atoms in total. The minimum atomic E-state index is -0.928. The van der Waals surface area contributed by atoms with Gasteiger partial charge < -0.3 is 10.8 Å². The molecule has 0 unspecified atom stereocenters. The van der Waals surface area contributed by atoms with Crippen molar-refractivity contribution in [3.63, 3.8) is 0 Å². The van der Waals surface area contributed by atoms with Gasteiger partial charge in [0.25, 0.3) is 0 Å². The molecule has 0 saturated carbocycles. The molecule has 0 aliphatic rings. The van der Waals surface area contributed by atoms with E-state index in [1.165, 1.54) is 17.8 Å². The number of hydrogen-bond acceptors (Lipinski definition) is 3. The molecule has 0 atom stereocenters. The Kier molecular flexibility index (Phi) is 3.19. The van der Waals surface area contributed by atoms with Crippen LogP contribution in [0.5, 0.6) is 0 Å². The van der Waals surface area contributed by atoms with Crippen molar-refractivity contribution in [2.75, 3.05) is 11.5 Å². The zero-order chi connectivity index (χ0) is 9.84. The maximum Gasteiger partial charge on any atom is 0.336 e. The first-order valence-electron chi connectivity index (χ1n) is 3.90. The maximum absolute atomic E-state index is 10.8. The van der Waals surface area contributed by atoms with Crippen molar-refractivity contribution in [3.05, 3.63) is 23.8 Å². The van der Waals surface area contributed by atoms with Crippen molar-refractivity contribution >= 4 is 23.4 Å². The summed E-state index contributed by atoms with van der Waals surface area (Å²) in [4.78, 5) is 11.5. The van der Waals surface area contributed by atoms with Gasteiger partial charge in [0.1, 0.15) is 0 Å². The number of thioether (sulfide) groups is 1. The third kappa shape index (κ3) is 2.39. The predicted molar refractivity (Wildman–Crippen MR) is 54.2 cm³/mol. The highest BCUT2D eigenvalue weighted by Crippen LogP contribution is 2.24. The molecular weight excluding hydrogens is 186 g/mol. The van der Waals surface area contributed by atoms with Gasteiger partial charge in [-0.15, -0.1) is 11.8 Å². The zero-order valence-corrected chi connectivity index (χ0v) is 8.10. The molecule has 70 valence electrons. The lowest BCUT2D eigenvalue weighted by atomic mass is 10.2. The number of rotatable bonds is 3. The maximum atomic E-state index is 10.8. The van der Waals surface area contributed by atoms with E-state index < -0.39 is 5.97 Å². The topological polar surface area (TPSA) is 63.3 Å². The van der Waals surface area contributed by atoms with E-state index in [1.807, 2.05) is 6.92 Å². The first-order chi connectivity index (χ1) is 6.15. The summed E-state index contributed by atoms with van der Waals surface area (Å²) in [5, 5.41) is 8.85. The normalized spacial score (nSPS) is 9.92. The third-order valence-corrected chi connectivity index (χ3v) is 2.49. The first kappa shape index (κ1) is 9.92. The van der Waals surface area contributed by atoms with Gasteiger partial charge in [-0.3, -0.25) is 0 Å². The number of carboxylic acid groups (broad SMARTS) is 1. The Morgan fingerprint density at radius 1 is 1.62 bits per heavy atom. The van der Waals surface area contributed by atoms with Gasteiger partial charge in [-0.2, -0.15) is 0 Å². The van der Waals surface area contributed by atoms with Crippen LogP contribution in [0.4, 0.5) is 5.69 Å². The lowest BCUT2D eigenvalue weighted by molar-refractivity contribution is 0.0693. The summed E-state index contributed by atoms with van der Waals surface area (Å²) in [5.74, 6) is -0.0762. The average Bonchev–Trinajstić information content (AvgIpc) is 2.08. The summed E-state index contributed by atoms with van der Waals surface area (Å²) in [6, 6.07) is 4.94. The summed E-state index contributed by atoms with van der Waals surface area (Å²) >= 11 is 1.50. The minimum absolute atomic E-state index is 0.284. The van der Waals surface area contributed by atoms with Crippen LogP contribution < -0.4 is 5.73 Å². The smallest absolute Gasteiger partial charge is 0.336 e. The number of aromatic carboxylic acids is 1. The van der Waals surface area contributed by atoms with Crippen LogP contribution in [0, 0.1) is 0 Å². The molecule has 0 amide bonds. The van der Waals surface area contributed by atoms with E-state index in [9.17, 15) is 4.79 Å². The second kappa shape index (κ2) is 4.18. The van der Waals surface area contributed by atoms with Crippen molar-refractivity contribution in [2.24, 2.45) is 0 Å². The number of carboxylic acids is 1. The van der Waals surface area contributed by atoms with Gasteiger partial charge >= 0.3 is 5.97 Å². The van der Waals surface area contributed by atoms with Crippen molar-refractivity contribution in [2.45, 2.75) is 11.8 Å². The number of benzene rings is 1. The van der Waals surface area contributed by atoms with E-state index >= 15 is 0 Å². The highest BCUT2D eigenvalue weighted by atomic mass is 32.2. The zero-order valence-electron chi connectivity index (χ0n) is 7.28. The van der Waals surface area contributed by atoms with Gasteiger partial charge in [-0.25, -0.2) is 4.79 Å². The fourth-order valence-corrected chi connectivity index (χ4v) is 1.77. The summed E-state index contributed by atoms with van der Waals surface area (Å²) in [6.07, 6.45) is 0. The number of hydrogen-bond donors (Lipinski definition) is 2. The summed E-state index contributed by atoms with van der Waals surface area (Å²) in [5.41, 5.74) is 6.26. The molecule has 4 heteroatoms. The van der Waals surface area contributed by atoms with E-state index in [0.717, 1.165) is 10.6 Å². The summed E-state index contributed by atoms with van der Waals surface area (Å²) in [6.45, 7) is 1.98. The molecule has 0 aliphatic heterocycles. The van der Waals surface area contributed by atoms with E-state index in [0.29, 0.717) is 5.69 Å². The van der Waals surface area contributed by atoms with Crippen molar-refractivity contribution in [1.82, 2.24) is 0 Å². The van der Waals surface area contributed by atoms with Gasteiger partial charge in [-0.1, -0.05) is 6.92 Å². The average molecular weight is 197 g/mol. The molecular formula is C9H11NO2S. The second-order valence-electron chi connectivity index (χ2n) is 2.49. The lowest BCUT2D eigenvalue weighted by Crippen LogP contribution is -2.00. The van der Waals surface area contributed by atoms with E-state index in [-0.39, 0.29) is 5.56 Å². The van der Waals surface area contributed by atoms with Crippen LogP contribution in [-0.2, 0) is 0 Å². The number of anilines is 1. The van der Waals surface area contributed by atoms with Gasteiger partial charge in [0.05, 0.1) is 5.56 Å². The van der Waals surface area contributed by atoms with Crippen LogP contribution in [-0.4, -0.2) is 16.8 Å². The Morgan fingerprint density at radius 3 is 2.85 bits per heavy atom. The predicted octanol–water partition coefficient (Wildman–Crippen LogP) is 2.08. The highest BCUT2D eigenvalue weighted by Gasteiger charge is 2.09. The van der Waals surface area contributed by atoms with Gasteiger partial charge in [-0.05, 0) is 24.0 Å². The molecule has 0 spiro atoms. The van der Waals surface area contributed by atoms with Gasteiger partial charge in [0, 0.05) is 10.6 Å². The molecule has 0 radical (unpaired) electrons. The molecule has 0 heterocycles. The Morgan fingerprint density at radius 2 is 2.31 bits per heavy atom. The fourth-order valence-electron chi connectivity index (χ4n) is 0.996. The van der Waals surface area contributed by atoms with Crippen molar-refractivity contribution < 1.29 is 9.90 Å². The highest BCUT2D eigenvalue weighted by molar-refractivity contribution is 7.99. The van der Waals surface area contributed by atoms with Crippen LogP contribution in [0.3, 0.4) is 0 Å². The number of nitrogens with two attached hydrogens (primary N) is 1. The molecule has 3 N–H and O–H groups in total. The van der Waals surface area contributed by atoms with Crippen LogP contribution in [0.25, 0.3) is 0 Å². The number of nitrogen functional groups attached to an aromatic ring is 1. The van der Waals surface area contributed by atoms with E-state index in [2.05, 4.69) is 0 Å². The summed E-state index contributed by atoms with van der Waals surface area (Å²) in [7, 11) is 0. The molecule has 1 aromatic rings. The monoisotopic (exact) mass is 197 g/mol. The van der Waals surface area contributed by atoms with E-state index in [4.69, 9.17) is 10.8 Å². The molecule has 0 aliphatic carbocycles. The van der Waals surface area contributed by atoms with Crippen molar-refractivity contribution in [3.8, 4) is 0 Å². The van der Waals surface area contributed by atoms with Crippen LogP contribution in [0.15, 0.2) is 23.1 Å². The molecule has 13 heavy (non-hydrogen) atoms. The molecule has 1 aromatic carbocycles. The second-order valence-corrected chi connectivity index (χ2v) is 3.80. The summed E-state index contributed by atoms with van der Waals surface area (Å²) < 4.78 is 0. The quantitative estimate of drug-likeness (QED) is 0.575. The lowest BCUT2D eigenvalue weighted by Gasteiger charge is -2.04. The standard InChI is InChI=1S/C9H11NO2S/c1-2-13-8-4-3-6(10)5-7(8)9(11)12/h3-5H,2,10H2,1H3,(H,11,12). The molecule has 0 fully saturated rings. The van der Waals surface area contributed by atoms with Crippen LogP contribution in [0.1, 0.15) is 17.3 Å². The fraction of sp³-hybridized carbons (Fsp3) is 0.222.